The van der Waals surface area contributed by atoms with Gasteiger partial charge in [-0.15, -0.1) is 0 Å². The third kappa shape index (κ3) is 3.44. The Morgan fingerprint density at radius 1 is 1.33 bits per heavy atom. The summed E-state index contributed by atoms with van der Waals surface area (Å²) in [5.74, 6) is 0. The van der Waals surface area contributed by atoms with Gasteiger partial charge in [0.25, 0.3) is 0 Å². The van der Waals surface area contributed by atoms with Gasteiger partial charge in [-0.2, -0.15) is 0 Å². The Hall–Kier alpha value is -0.160. The summed E-state index contributed by atoms with van der Waals surface area (Å²) < 4.78 is 5.58. The molecule has 0 aromatic carbocycles. The molecule has 2 heterocycles. The van der Waals surface area contributed by atoms with Gasteiger partial charge in [0.1, 0.15) is 0 Å². The van der Waals surface area contributed by atoms with E-state index in [1.54, 1.807) is 0 Å². The molecule has 4 nitrogen and oxygen atoms in total. The monoisotopic (exact) mass is 256 g/mol. The van der Waals surface area contributed by atoms with E-state index in [0.29, 0.717) is 12.6 Å². The zero-order valence-corrected chi connectivity index (χ0v) is 11.9. The number of likely N-dealkylation sites (tertiary alicyclic amines) is 1. The van der Waals surface area contributed by atoms with Crippen molar-refractivity contribution in [1.82, 2.24) is 9.80 Å². The zero-order valence-electron chi connectivity index (χ0n) is 11.9. The lowest BCUT2D eigenvalue weighted by atomic mass is 9.78. The minimum atomic E-state index is 0.121. The topological polar surface area (TPSA) is 35.9 Å². The molecule has 0 aliphatic carbocycles. The first-order valence-electron chi connectivity index (χ1n) is 7.23. The number of hydrogen-bond acceptors (Lipinski definition) is 4. The van der Waals surface area contributed by atoms with Crippen LogP contribution in [0.5, 0.6) is 0 Å². The molecule has 2 saturated heterocycles. The molecule has 4 heteroatoms. The summed E-state index contributed by atoms with van der Waals surface area (Å²) >= 11 is 0. The molecule has 0 saturated carbocycles. The average molecular weight is 256 g/mol. The Labute approximate surface area is 111 Å². The van der Waals surface area contributed by atoms with Gasteiger partial charge in [-0.25, -0.2) is 0 Å². The predicted octanol–water partition coefficient (Wildman–Crippen LogP) is 0.801. The third-order valence-corrected chi connectivity index (χ3v) is 4.50. The predicted molar refractivity (Wildman–Crippen MR) is 72.7 cm³/mol. The van der Waals surface area contributed by atoms with Crippen LogP contribution in [0, 0.1) is 5.41 Å². The van der Waals surface area contributed by atoms with Gasteiger partial charge >= 0.3 is 0 Å². The second-order valence-electron chi connectivity index (χ2n) is 6.30. The summed E-state index contributed by atoms with van der Waals surface area (Å²) in [4.78, 5) is 4.78. The molecule has 18 heavy (non-hydrogen) atoms. The van der Waals surface area contributed by atoms with Gasteiger partial charge in [0.05, 0.1) is 13.2 Å². The lowest BCUT2D eigenvalue weighted by Crippen LogP contribution is -2.51. The average Bonchev–Trinajstić information content (AvgIpc) is 2.40. The van der Waals surface area contributed by atoms with Crippen molar-refractivity contribution in [3.63, 3.8) is 0 Å². The summed E-state index contributed by atoms with van der Waals surface area (Å²) in [5, 5.41) is 9.72. The molecular formula is C14H28N2O2. The SMILES string of the molecule is CN(C)CC1(CO)CCN(C2CCCOC2)CC1. The van der Waals surface area contributed by atoms with E-state index in [9.17, 15) is 5.11 Å². The lowest BCUT2D eigenvalue weighted by Gasteiger charge is -2.45. The van der Waals surface area contributed by atoms with E-state index >= 15 is 0 Å². The number of aliphatic hydroxyl groups excluding tert-OH is 1. The van der Waals surface area contributed by atoms with Crippen molar-refractivity contribution in [2.45, 2.75) is 31.7 Å². The first-order valence-corrected chi connectivity index (χ1v) is 7.23. The number of rotatable bonds is 4. The Balaban J connectivity index is 1.85. The van der Waals surface area contributed by atoms with Gasteiger partial charge in [0.2, 0.25) is 0 Å². The summed E-state index contributed by atoms with van der Waals surface area (Å²) in [5.41, 5.74) is 0.121. The van der Waals surface area contributed by atoms with Crippen LogP contribution in [0.2, 0.25) is 0 Å². The van der Waals surface area contributed by atoms with E-state index in [4.69, 9.17) is 4.74 Å². The summed E-state index contributed by atoms with van der Waals surface area (Å²) in [6, 6.07) is 0.620. The first-order chi connectivity index (χ1) is 8.65. The van der Waals surface area contributed by atoms with Gasteiger partial charge in [-0.3, -0.25) is 4.90 Å². The molecule has 0 aromatic heterocycles. The Morgan fingerprint density at radius 2 is 2.06 bits per heavy atom. The number of ether oxygens (including phenoxy) is 1. The van der Waals surface area contributed by atoms with E-state index in [0.717, 1.165) is 45.7 Å². The Bertz CT molecular complexity index is 244. The highest BCUT2D eigenvalue weighted by Crippen LogP contribution is 2.33. The summed E-state index contributed by atoms with van der Waals surface area (Å²) in [6.07, 6.45) is 4.69. The van der Waals surface area contributed by atoms with Gasteiger partial charge in [0.15, 0.2) is 0 Å². The van der Waals surface area contributed by atoms with Crippen molar-refractivity contribution < 1.29 is 9.84 Å². The van der Waals surface area contributed by atoms with Gasteiger partial charge in [-0.1, -0.05) is 0 Å². The summed E-state index contributed by atoms with van der Waals surface area (Å²) in [6.45, 7) is 5.38. The Kier molecular flexibility index (Phi) is 5.01. The molecule has 2 rings (SSSR count). The van der Waals surface area contributed by atoms with Crippen LogP contribution in [0.15, 0.2) is 0 Å². The minimum absolute atomic E-state index is 0.121. The van der Waals surface area contributed by atoms with Crippen LogP contribution in [-0.2, 0) is 4.74 Å². The van der Waals surface area contributed by atoms with Crippen LogP contribution in [0.3, 0.4) is 0 Å². The first kappa shape index (κ1) is 14.3. The van der Waals surface area contributed by atoms with Gasteiger partial charge in [-0.05, 0) is 52.9 Å². The van der Waals surface area contributed by atoms with Crippen LogP contribution >= 0.6 is 0 Å². The minimum Gasteiger partial charge on any atom is -0.396 e. The lowest BCUT2D eigenvalue weighted by molar-refractivity contribution is -0.0284. The van der Waals surface area contributed by atoms with Crippen LogP contribution in [0.1, 0.15) is 25.7 Å². The number of nitrogens with zero attached hydrogens (tertiary/aromatic N) is 2. The molecule has 0 aromatic rings. The molecule has 2 aliphatic heterocycles. The van der Waals surface area contributed by atoms with Crippen molar-refractivity contribution in [3.05, 3.63) is 0 Å². The van der Waals surface area contributed by atoms with Gasteiger partial charge in [0, 0.05) is 24.6 Å². The second kappa shape index (κ2) is 6.33. The highest BCUT2D eigenvalue weighted by molar-refractivity contribution is 4.89. The van der Waals surface area contributed by atoms with Crippen LogP contribution < -0.4 is 0 Å². The quantitative estimate of drug-likeness (QED) is 0.807. The summed E-state index contributed by atoms with van der Waals surface area (Å²) in [7, 11) is 4.19. The molecular weight excluding hydrogens is 228 g/mol. The van der Waals surface area contributed by atoms with Crippen LogP contribution in [0.4, 0.5) is 0 Å². The van der Waals surface area contributed by atoms with Crippen LogP contribution in [-0.4, -0.2) is 74.5 Å². The molecule has 2 aliphatic rings. The Morgan fingerprint density at radius 3 is 2.56 bits per heavy atom. The molecule has 0 amide bonds. The standard InChI is InChI=1S/C14H28N2O2/c1-15(2)11-14(12-17)5-7-16(8-6-14)13-4-3-9-18-10-13/h13,17H,3-12H2,1-2H3. The van der Waals surface area contributed by atoms with E-state index in [1.165, 1.54) is 12.8 Å². The fraction of sp³-hybridized carbons (Fsp3) is 1.00. The molecule has 0 spiro atoms. The number of aliphatic hydroxyl groups is 1. The largest absolute Gasteiger partial charge is 0.396 e. The molecule has 0 bridgehead atoms. The molecule has 2 fully saturated rings. The maximum Gasteiger partial charge on any atom is 0.0621 e. The number of hydrogen-bond donors (Lipinski definition) is 1. The fourth-order valence-corrected chi connectivity index (χ4v) is 3.41. The zero-order chi connectivity index (χ0) is 13.0. The molecule has 1 N–H and O–H groups in total. The second-order valence-corrected chi connectivity index (χ2v) is 6.30. The highest BCUT2D eigenvalue weighted by atomic mass is 16.5. The van der Waals surface area contributed by atoms with E-state index in [1.807, 2.05) is 0 Å². The molecule has 0 radical (unpaired) electrons. The molecule has 1 atom stereocenters. The van der Waals surface area contributed by atoms with E-state index in [2.05, 4.69) is 23.9 Å². The smallest absolute Gasteiger partial charge is 0.0621 e. The number of piperidine rings is 1. The fourth-order valence-electron chi connectivity index (χ4n) is 3.41. The molecule has 1 unspecified atom stereocenters. The van der Waals surface area contributed by atoms with Crippen molar-refractivity contribution in [2.75, 3.05) is 53.6 Å². The van der Waals surface area contributed by atoms with Crippen molar-refractivity contribution in [1.29, 1.82) is 0 Å². The van der Waals surface area contributed by atoms with Crippen molar-refractivity contribution in [3.8, 4) is 0 Å². The highest BCUT2D eigenvalue weighted by Gasteiger charge is 2.36. The van der Waals surface area contributed by atoms with E-state index < -0.39 is 0 Å². The normalized spacial score (nSPS) is 29.7. The maximum absolute atomic E-state index is 9.72. The maximum atomic E-state index is 9.72. The van der Waals surface area contributed by atoms with Crippen molar-refractivity contribution >= 4 is 0 Å². The molecule has 106 valence electrons. The third-order valence-electron chi connectivity index (χ3n) is 4.50. The van der Waals surface area contributed by atoms with Crippen molar-refractivity contribution in [2.24, 2.45) is 5.41 Å². The van der Waals surface area contributed by atoms with E-state index in [-0.39, 0.29) is 5.41 Å². The van der Waals surface area contributed by atoms with Gasteiger partial charge < -0.3 is 14.7 Å². The van der Waals surface area contributed by atoms with Crippen LogP contribution in [0.25, 0.3) is 0 Å².